The fraction of sp³-hybridized carbons (Fsp3) is 0.792. The molecule has 4 rings (SSSR count). The predicted octanol–water partition coefficient (Wildman–Crippen LogP) is 2.18. The van der Waals surface area contributed by atoms with Gasteiger partial charge in [0, 0.05) is 30.6 Å². The van der Waals surface area contributed by atoms with E-state index in [1.165, 1.54) is 13.8 Å². The molecule has 0 aromatic rings. The molecule has 0 aliphatic heterocycles. The Morgan fingerprint density at radius 2 is 1.58 bits per heavy atom. The minimum Gasteiger partial charge on any atom is -0.462 e. The van der Waals surface area contributed by atoms with Gasteiger partial charge in [-0.25, -0.2) is 0 Å². The molecular formula is C24H34O7. The van der Waals surface area contributed by atoms with E-state index in [4.69, 9.17) is 9.47 Å². The molecule has 1 spiro atoms. The van der Waals surface area contributed by atoms with Gasteiger partial charge in [0.2, 0.25) is 0 Å². The highest BCUT2D eigenvalue weighted by molar-refractivity contribution is 6.03. The molecule has 4 saturated carbocycles. The van der Waals surface area contributed by atoms with E-state index in [0.717, 1.165) is 0 Å². The fourth-order valence-electron chi connectivity index (χ4n) is 8.48. The van der Waals surface area contributed by atoms with E-state index in [1.54, 1.807) is 0 Å². The molecule has 7 heteroatoms. The molecule has 4 aliphatic carbocycles. The van der Waals surface area contributed by atoms with Gasteiger partial charge >= 0.3 is 11.9 Å². The number of aliphatic hydroxyl groups excluding tert-OH is 2. The first-order chi connectivity index (χ1) is 14.3. The van der Waals surface area contributed by atoms with Crippen molar-refractivity contribution >= 4 is 17.7 Å². The number of Topliss-reactive ketones (excluding diaryl/α,β-unsaturated/α-hetero) is 1. The molecule has 0 heterocycles. The first kappa shape index (κ1) is 22.5. The highest BCUT2D eigenvalue weighted by atomic mass is 16.6. The maximum atomic E-state index is 13.5. The second kappa shape index (κ2) is 6.88. The minimum absolute atomic E-state index is 0.0368. The number of ketones is 1. The number of aliphatic hydroxyl groups is 2. The number of rotatable bonds is 2. The summed E-state index contributed by atoms with van der Waals surface area (Å²) in [6.07, 6.45) is -1.43. The van der Waals surface area contributed by atoms with Crippen molar-refractivity contribution in [2.24, 2.45) is 34.0 Å². The molecule has 0 radical (unpaired) electrons. The van der Waals surface area contributed by atoms with E-state index >= 15 is 0 Å². The van der Waals surface area contributed by atoms with Gasteiger partial charge in [-0.1, -0.05) is 27.4 Å². The highest BCUT2D eigenvalue weighted by Gasteiger charge is 2.74. The van der Waals surface area contributed by atoms with Gasteiger partial charge in [0.05, 0.1) is 12.2 Å². The van der Waals surface area contributed by atoms with Gasteiger partial charge in [-0.3, -0.25) is 14.4 Å². The molecule has 4 fully saturated rings. The summed E-state index contributed by atoms with van der Waals surface area (Å²) >= 11 is 0. The maximum Gasteiger partial charge on any atom is 0.303 e. The number of hydrogen-bond donors (Lipinski definition) is 2. The molecule has 0 amide bonds. The summed E-state index contributed by atoms with van der Waals surface area (Å²) in [4.78, 5) is 37.2. The molecule has 9 atom stereocenters. The topological polar surface area (TPSA) is 110 Å². The lowest BCUT2D eigenvalue weighted by Crippen LogP contribution is -2.70. The van der Waals surface area contributed by atoms with E-state index in [1.807, 2.05) is 20.8 Å². The standard InChI is InChI=1S/C24H34O7/c1-11-14-7-17(30-12(2)25)19-23(6)9-16(28)21(31-13(3)26)22(4,5)18(23)15(27)10-24(19,8-14)20(11)29/h14-19,21,27-28H,1,7-10H2,2-6H3/t14-,15?,16+,17+,18-,19+,21+,23?,24+/m1/s1. The average Bonchev–Trinajstić information content (AvgIpc) is 2.77. The third-order valence-electron chi connectivity index (χ3n) is 8.85. The molecule has 2 unspecified atom stereocenters. The molecule has 0 saturated heterocycles. The normalized spacial score (nSPS) is 47.9. The number of carbonyl (C=O) groups excluding carboxylic acids is 3. The lowest BCUT2D eigenvalue weighted by molar-refractivity contribution is -0.268. The van der Waals surface area contributed by atoms with Gasteiger partial charge in [0.25, 0.3) is 0 Å². The van der Waals surface area contributed by atoms with Gasteiger partial charge in [-0.2, -0.15) is 0 Å². The van der Waals surface area contributed by atoms with Gasteiger partial charge in [0.15, 0.2) is 5.78 Å². The number of ether oxygens (including phenoxy) is 2. The number of esters is 2. The largest absolute Gasteiger partial charge is 0.462 e. The molecule has 4 aliphatic rings. The summed E-state index contributed by atoms with van der Waals surface area (Å²) in [5.41, 5.74) is -1.75. The number of hydrogen-bond acceptors (Lipinski definition) is 7. The smallest absolute Gasteiger partial charge is 0.303 e. The fourth-order valence-corrected chi connectivity index (χ4v) is 8.48. The molecule has 31 heavy (non-hydrogen) atoms. The van der Waals surface area contributed by atoms with Gasteiger partial charge < -0.3 is 19.7 Å². The SMILES string of the molecule is C=C1C(=O)[C@@]23CC(O)[C@@H]4C(C)(C)[C@@H](OC(C)=O)[C@@H](O)CC4(C)[C@@H]2[C@@H](OC(C)=O)C[C@@H]1C3. The van der Waals surface area contributed by atoms with E-state index in [2.05, 4.69) is 6.58 Å². The van der Waals surface area contributed by atoms with E-state index < -0.39 is 52.6 Å². The third-order valence-corrected chi connectivity index (χ3v) is 8.85. The van der Waals surface area contributed by atoms with Crippen molar-refractivity contribution in [2.45, 2.75) is 84.7 Å². The summed E-state index contributed by atoms with van der Waals surface area (Å²) in [6, 6.07) is 0. The lowest BCUT2D eigenvalue weighted by atomic mass is 9.39. The van der Waals surface area contributed by atoms with Gasteiger partial charge in [0.1, 0.15) is 12.2 Å². The Bertz CT molecular complexity index is 847. The van der Waals surface area contributed by atoms with Gasteiger partial charge in [-0.05, 0) is 48.5 Å². The first-order valence-corrected chi connectivity index (χ1v) is 11.2. The van der Waals surface area contributed by atoms with Crippen LogP contribution in [-0.2, 0) is 23.9 Å². The van der Waals surface area contributed by atoms with Crippen molar-refractivity contribution in [3.63, 3.8) is 0 Å². The minimum atomic E-state index is -0.960. The van der Waals surface area contributed by atoms with Gasteiger partial charge in [-0.15, -0.1) is 0 Å². The molecule has 7 nitrogen and oxygen atoms in total. The second-order valence-corrected chi connectivity index (χ2v) is 11.2. The Morgan fingerprint density at radius 1 is 0.968 bits per heavy atom. The summed E-state index contributed by atoms with van der Waals surface area (Å²) in [5.74, 6) is -1.70. The Hall–Kier alpha value is -1.73. The van der Waals surface area contributed by atoms with Crippen molar-refractivity contribution in [3.05, 3.63) is 12.2 Å². The lowest BCUT2D eigenvalue weighted by Gasteiger charge is -2.67. The summed E-state index contributed by atoms with van der Waals surface area (Å²) < 4.78 is 11.3. The third kappa shape index (κ3) is 2.95. The van der Waals surface area contributed by atoms with Crippen LogP contribution in [0.2, 0.25) is 0 Å². The van der Waals surface area contributed by atoms with Crippen molar-refractivity contribution in [1.29, 1.82) is 0 Å². The molecule has 172 valence electrons. The van der Waals surface area contributed by atoms with Crippen LogP contribution >= 0.6 is 0 Å². The number of fused-ring (bicyclic) bond motifs is 3. The van der Waals surface area contributed by atoms with Crippen molar-refractivity contribution in [2.75, 3.05) is 0 Å². The highest BCUT2D eigenvalue weighted by Crippen LogP contribution is 2.71. The Balaban J connectivity index is 1.86. The predicted molar refractivity (Wildman–Crippen MR) is 111 cm³/mol. The zero-order valence-electron chi connectivity index (χ0n) is 19.0. The van der Waals surface area contributed by atoms with Crippen LogP contribution in [0.5, 0.6) is 0 Å². The van der Waals surface area contributed by atoms with E-state index in [-0.39, 0.29) is 36.4 Å². The Kier molecular flexibility index (Phi) is 4.99. The van der Waals surface area contributed by atoms with Crippen molar-refractivity contribution < 1.29 is 34.1 Å². The monoisotopic (exact) mass is 434 g/mol. The average molecular weight is 435 g/mol. The Labute approximate surface area is 183 Å². The van der Waals surface area contributed by atoms with Crippen LogP contribution in [0.4, 0.5) is 0 Å². The number of allylic oxidation sites excluding steroid dienone is 1. The zero-order valence-corrected chi connectivity index (χ0v) is 19.0. The zero-order chi connectivity index (χ0) is 23.1. The van der Waals surface area contributed by atoms with Crippen LogP contribution in [0.3, 0.4) is 0 Å². The quantitative estimate of drug-likeness (QED) is 0.506. The first-order valence-electron chi connectivity index (χ1n) is 11.2. The van der Waals surface area contributed by atoms with Crippen molar-refractivity contribution in [1.82, 2.24) is 0 Å². The second-order valence-electron chi connectivity index (χ2n) is 11.2. The summed E-state index contributed by atoms with van der Waals surface area (Å²) in [5, 5.41) is 22.6. The van der Waals surface area contributed by atoms with Crippen LogP contribution < -0.4 is 0 Å². The molecule has 0 aromatic heterocycles. The molecule has 0 aromatic carbocycles. The molecule has 2 N–H and O–H groups in total. The van der Waals surface area contributed by atoms with Crippen LogP contribution in [0.15, 0.2) is 12.2 Å². The molecule has 2 bridgehead atoms. The Morgan fingerprint density at radius 3 is 2.16 bits per heavy atom. The molecular weight excluding hydrogens is 400 g/mol. The van der Waals surface area contributed by atoms with E-state index in [0.29, 0.717) is 18.4 Å². The van der Waals surface area contributed by atoms with E-state index in [9.17, 15) is 24.6 Å². The van der Waals surface area contributed by atoms with Crippen LogP contribution in [0.1, 0.15) is 60.3 Å². The summed E-state index contributed by atoms with van der Waals surface area (Å²) in [6.45, 7) is 12.5. The van der Waals surface area contributed by atoms with Crippen LogP contribution in [-0.4, -0.2) is 52.4 Å². The number of carbonyl (C=O) groups is 3. The maximum absolute atomic E-state index is 13.5. The van der Waals surface area contributed by atoms with Crippen LogP contribution in [0, 0.1) is 34.0 Å². The summed E-state index contributed by atoms with van der Waals surface area (Å²) in [7, 11) is 0. The van der Waals surface area contributed by atoms with Crippen molar-refractivity contribution in [3.8, 4) is 0 Å². The van der Waals surface area contributed by atoms with Crippen LogP contribution in [0.25, 0.3) is 0 Å².